The minimum Gasteiger partial charge on any atom is -0.375 e. The highest BCUT2D eigenvalue weighted by atomic mass is 16.5. The SMILES string of the molecule is CCC1(C)CNC(CC(C)C)CN1CCOC(C)(C)C. The summed E-state index contributed by atoms with van der Waals surface area (Å²) in [6, 6.07) is 0.629. The van der Waals surface area contributed by atoms with Gasteiger partial charge in [0.25, 0.3) is 0 Å². The lowest BCUT2D eigenvalue weighted by atomic mass is 9.90. The van der Waals surface area contributed by atoms with Crippen LogP contribution in [0, 0.1) is 5.92 Å². The van der Waals surface area contributed by atoms with Gasteiger partial charge in [-0.15, -0.1) is 0 Å². The number of hydrogen-bond acceptors (Lipinski definition) is 3. The molecule has 2 unspecified atom stereocenters. The highest BCUT2D eigenvalue weighted by Gasteiger charge is 2.36. The summed E-state index contributed by atoms with van der Waals surface area (Å²) in [5, 5.41) is 3.75. The molecule has 0 aliphatic carbocycles. The molecule has 2 atom stereocenters. The molecule has 0 bridgehead atoms. The summed E-state index contributed by atoms with van der Waals surface area (Å²) in [5.74, 6) is 0.756. The normalized spacial score (nSPS) is 29.1. The lowest BCUT2D eigenvalue weighted by molar-refractivity contribution is -0.0379. The quantitative estimate of drug-likeness (QED) is 0.810. The molecular weight excluding hydrogens is 248 g/mol. The van der Waals surface area contributed by atoms with Gasteiger partial charge in [-0.2, -0.15) is 0 Å². The summed E-state index contributed by atoms with van der Waals surface area (Å²) in [7, 11) is 0. The zero-order valence-corrected chi connectivity index (χ0v) is 14.8. The van der Waals surface area contributed by atoms with Crippen LogP contribution in [0.5, 0.6) is 0 Å². The molecule has 1 N–H and O–H groups in total. The molecule has 0 aromatic carbocycles. The van der Waals surface area contributed by atoms with Crippen LogP contribution in [0.4, 0.5) is 0 Å². The van der Waals surface area contributed by atoms with Gasteiger partial charge in [-0.1, -0.05) is 20.8 Å². The van der Waals surface area contributed by atoms with Crippen LogP contribution in [0.3, 0.4) is 0 Å². The molecule has 1 rings (SSSR count). The molecule has 0 amide bonds. The number of hydrogen-bond donors (Lipinski definition) is 1. The fraction of sp³-hybridized carbons (Fsp3) is 1.00. The largest absolute Gasteiger partial charge is 0.375 e. The molecular formula is C17H36N2O. The lowest BCUT2D eigenvalue weighted by Gasteiger charge is -2.48. The van der Waals surface area contributed by atoms with E-state index >= 15 is 0 Å². The van der Waals surface area contributed by atoms with Gasteiger partial charge in [-0.05, 0) is 46.5 Å². The topological polar surface area (TPSA) is 24.5 Å². The van der Waals surface area contributed by atoms with Gasteiger partial charge < -0.3 is 10.1 Å². The van der Waals surface area contributed by atoms with Crippen molar-refractivity contribution in [1.29, 1.82) is 0 Å². The molecule has 1 saturated heterocycles. The van der Waals surface area contributed by atoms with E-state index in [9.17, 15) is 0 Å². The molecule has 1 fully saturated rings. The molecule has 1 aliphatic heterocycles. The van der Waals surface area contributed by atoms with E-state index in [1.54, 1.807) is 0 Å². The average molecular weight is 284 g/mol. The number of nitrogens with zero attached hydrogens (tertiary/aromatic N) is 1. The maximum Gasteiger partial charge on any atom is 0.0600 e. The van der Waals surface area contributed by atoms with Crippen molar-refractivity contribution in [2.75, 3.05) is 26.2 Å². The number of ether oxygens (including phenoxy) is 1. The van der Waals surface area contributed by atoms with Gasteiger partial charge >= 0.3 is 0 Å². The van der Waals surface area contributed by atoms with Crippen LogP contribution in [-0.2, 0) is 4.74 Å². The van der Waals surface area contributed by atoms with Crippen molar-refractivity contribution in [3.05, 3.63) is 0 Å². The number of piperazine rings is 1. The van der Waals surface area contributed by atoms with E-state index < -0.39 is 0 Å². The first-order valence-corrected chi connectivity index (χ1v) is 8.28. The molecule has 0 saturated carbocycles. The Balaban J connectivity index is 2.55. The maximum atomic E-state index is 5.92. The summed E-state index contributed by atoms with van der Waals surface area (Å²) in [6.07, 6.45) is 2.44. The van der Waals surface area contributed by atoms with Crippen LogP contribution in [0.2, 0.25) is 0 Å². The van der Waals surface area contributed by atoms with Crippen molar-refractivity contribution in [3.63, 3.8) is 0 Å². The first-order chi connectivity index (χ1) is 9.16. The number of rotatable bonds is 6. The fourth-order valence-electron chi connectivity index (χ4n) is 2.93. The van der Waals surface area contributed by atoms with E-state index in [2.05, 4.69) is 58.7 Å². The van der Waals surface area contributed by atoms with Crippen LogP contribution >= 0.6 is 0 Å². The average Bonchev–Trinajstić information content (AvgIpc) is 2.31. The summed E-state index contributed by atoms with van der Waals surface area (Å²) in [6.45, 7) is 19.8. The zero-order chi connectivity index (χ0) is 15.4. The van der Waals surface area contributed by atoms with Crippen molar-refractivity contribution < 1.29 is 4.74 Å². The molecule has 0 aromatic heterocycles. The maximum absolute atomic E-state index is 5.92. The van der Waals surface area contributed by atoms with Crippen molar-refractivity contribution in [1.82, 2.24) is 10.2 Å². The third-order valence-electron chi connectivity index (χ3n) is 4.39. The van der Waals surface area contributed by atoms with Crippen molar-refractivity contribution in [3.8, 4) is 0 Å². The van der Waals surface area contributed by atoms with Gasteiger partial charge in [0, 0.05) is 31.2 Å². The fourth-order valence-corrected chi connectivity index (χ4v) is 2.93. The van der Waals surface area contributed by atoms with E-state index in [1.807, 2.05) is 0 Å². The first kappa shape index (κ1) is 17.9. The van der Waals surface area contributed by atoms with E-state index in [1.165, 1.54) is 12.8 Å². The van der Waals surface area contributed by atoms with Gasteiger partial charge in [0.05, 0.1) is 12.2 Å². The monoisotopic (exact) mass is 284 g/mol. The molecule has 3 nitrogen and oxygen atoms in total. The molecule has 0 radical (unpaired) electrons. The third-order valence-corrected chi connectivity index (χ3v) is 4.39. The van der Waals surface area contributed by atoms with Crippen molar-refractivity contribution in [2.24, 2.45) is 5.92 Å². The Morgan fingerprint density at radius 2 is 2.00 bits per heavy atom. The minimum absolute atomic E-state index is 0.0337. The zero-order valence-electron chi connectivity index (χ0n) is 14.8. The Bertz CT molecular complexity index is 285. The highest BCUT2D eigenvalue weighted by Crippen LogP contribution is 2.24. The van der Waals surface area contributed by atoms with Gasteiger partial charge in [0.1, 0.15) is 0 Å². The lowest BCUT2D eigenvalue weighted by Crippen LogP contribution is -2.63. The van der Waals surface area contributed by atoms with Crippen molar-refractivity contribution >= 4 is 0 Å². The Labute approximate surface area is 126 Å². The van der Waals surface area contributed by atoms with E-state index in [4.69, 9.17) is 4.74 Å². The molecule has 20 heavy (non-hydrogen) atoms. The van der Waals surface area contributed by atoms with Crippen molar-refractivity contribution in [2.45, 2.75) is 78.5 Å². The van der Waals surface area contributed by atoms with Gasteiger partial charge in [-0.3, -0.25) is 4.90 Å². The molecule has 120 valence electrons. The minimum atomic E-state index is -0.0337. The second-order valence-electron chi connectivity index (χ2n) is 7.96. The van der Waals surface area contributed by atoms with Gasteiger partial charge in [0.15, 0.2) is 0 Å². The predicted octanol–water partition coefficient (Wildman–Crippen LogP) is 3.29. The van der Waals surface area contributed by atoms with Gasteiger partial charge in [-0.25, -0.2) is 0 Å². The summed E-state index contributed by atoms with van der Waals surface area (Å²) in [5.41, 5.74) is 0.239. The van der Waals surface area contributed by atoms with E-state index in [-0.39, 0.29) is 11.1 Å². The Morgan fingerprint density at radius 1 is 1.35 bits per heavy atom. The smallest absolute Gasteiger partial charge is 0.0600 e. The predicted molar refractivity (Wildman–Crippen MR) is 87.2 cm³/mol. The number of nitrogens with one attached hydrogen (secondary N) is 1. The second-order valence-corrected chi connectivity index (χ2v) is 7.96. The van der Waals surface area contributed by atoms with Crippen LogP contribution < -0.4 is 5.32 Å². The molecule has 0 aromatic rings. The van der Waals surface area contributed by atoms with Gasteiger partial charge in [0.2, 0.25) is 0 Å². The Kier molecular flexibility index (Phi) is 6.49. The molecule has 1 aliphatic rings. The van der Waals surface area contributed by atoms with Crippen LogP contribution in [-0.4, -0.2) is 48.3 Å². The molecule has 3 heteroatoms. The molecule has 0 spiro atoms. The van der Waals surface area contributed by atoms with E-state index in [0.29, 0.717) is 6.04 Å². The summed E-state index contributed by atoms with van der Waals surface area (Å²) < 4.78 is 5.92. The van der Waals surface area contributed by atoms with E-state index in [0.717, 1.165) is 32.2 Å². The third kappa shape index (κ3) is 5.71. The summed E-state index contributed by atoms with van der Waals surface area (Å²) >= 11 is 0. The molecule has 1 heterocycles. The Hall–Kier alpha value is -0.120. The second kappa shape index (κ2) is 7.24. The standard InChI is InChI=1S/C17H36N2O/c1-8-17(7)13-18-15(11-14(2)3)12-19(17)9-10-20-16(4,5)6/h14-15,18H,8-13H2,1-7H3. The highest BCUT2D eigenvalue weighted by molar-refractivity contribution is 4.95. The Morgan fingerprint density at radius 3 is 2.50 bits per heavy atom. The van der Waals surface area contributed by atoms with Crippen LogP contribution in [0.1, 0.15) is 61.3 Å². The van der Waals surface area contributed by atoms with Crippen LogP contribution in [0.25, 0.3) is 0 Å². The van der Waals surface area contributed by atoms with Crippen LogP contribution in [0.15, 0.2) is 0 Å². The summed E-state index contributed by atoms with van der Waals surface area (Å²) in [4.78, 5) is 2.64. The first-order valence-electron chi connectivity index (χ1n) is 8.28.